The molecule has 1 atom stereocenters. The molecular formula is C11H11BrN2. The predicted octanol–water partition coefficient (Wildman–Crippen LogP) is 2.80. The number of halogens is 1. The number of rotatable bonds is 1. The summed E-state index contributed by atoms with van der Waals surface area (Å²) in [6.45, 7) is 1.86. The van der Waals surface area contributed by atoms with Gasteiger partial charge in [-0.2, -0.15) is 5.26 Å². The van der Waals surface area contributed by atoms with Crippen molar-refractivity contribution in [3.63, 3.8) is 0 Å². The first-order chi connectivity index (χ1) is 6.79. The molecule has 0 N–H and O–H groups in total. The Morgan fingerprint density at radius 1 is 1.50 bits per heavy atom. The molecule has 0 amide bonds. The first kappa shape index (κ1) is 9.54. The van der Waals surface area contributed by atoms with E-state index in [9.17, 15) is 0 Å². The third-order valence-corrected chi connectivity index (χ3v) is 3.04. The predicted molar refractivity (Wildman–Crippen MR) is 60.1 cm³/mol. The summed E-state index contributed by atoms with van der Waals surface area (Å²) in [4.78, 5) is 2.26. The molecule has 14 heavy (non-hydrogen) atoms. The molecule has 0 spiro atoms. The van der Waals surface area contributed by atoms with E-state index in [2.05, 4.69) is 39.0 Å². The summed E-state index contributed by atoms with van der Waals surface area (Å²) in [5.41, 5.74) is 1.21. The Hall–Kier alpha value is -1.01. The van der Waals surface area contributed by atoms with Crippen molar-refractivity contribution in [3.05, 3.63) is 28.7 Å². The molecular weight excluding hydrogens is 240 g/mol. The van der Waals surface area contributed by atoms with Crippen LogP contribution in [0.4, 0.5) is 5.69 Å². The highest BCUT2D eigenvalue weighted by Gasteiger charge is 2.21. The lowest BCUT2D eigenvalue weighted by molar-refractivity contribution is 0.755. The van der Waals surface area contributed by atoms with Gasteiger partial charge in [0.2, 0.25) is 0 Å². The fourth-order valence-electron chi connectivity index (χ4n) is 1.77. The van der Waals surface area contributed by atoms with Gasteiger partial charge in [-0.05, 0) is 24.6 Å². The van der Waals surface area contributed by atoms with E-state index in [1.54, 1.807) is 0 Å². The molecule has 1 aromatic rings. The molecule has 1 heterocycles. The second-order valence-corrected chi connectivity index (χ2v) is 4.46. The van der Waals surface area contributed by atoms with Crippen molar-refractivity contribution in [2.45, 2.75) is 6.42 Å². The monoisotopic (exact) mass is 250 g/mol. The number of hydrogen-bond acceptors (Lipinski definition) is 2. The first-order valence-electron chi connectivity index (χ1n) is 4.70. The highest BCUT2D eigenvalue weighted by molar-refractivity contribution is 9.10. The summed E-state index contributed by atoms with van der Waals surface area (Å²) in [6, 6.07) is 10.6. The molecule has 1 aliphatic heterocycles. The van der Waals surface area contributed by atoms with Gasteiger partial charge in [-0.25, -0.2) is 0 Å². The van der Waals surface area contributed by atoms with Crippen molar-refractivity contribution in [3.8, 4) is 6.07 Å². The number of hydrogen-bond donors (Lipinski definition) is 0. The number of anilines is 1. The van der Waals surface area contributed by atoms with Crippen molar-refractivity contribution in [1.29, 1.82) is 5.26 Å². The molecule has 1 aliphatic rings. The van der Waals surface area contributed by atoms with E-state index in [4.69, 9.17) is 5.26 Å². The van der Waals surface area contributed by atoms with Gasteiger partial charge in [0.15, 0.2) is 0 Å². The topological polar surface area (TPSA) is 27.0 Å². The molecule has 1 saturated heterocycles. The van der Waals surface area contributed by atoms with Gasteiger partial charge < -0.3 is 4.90 Å². The second-order valence-electron chi connectivity index (χ2n) is 3.54. The van der Waals surface area contributed by atoms with Crippen LogP contribution < -0.4 is 4.90 Å². The highest BCUT2D eigenvalue weighted by atomic mass is 79.9. The quantitative estimate of drug-likeness (QED) is 0.767. The summed E-state index contributed by atoms with van der Waals surface area (Å²) < 4.78 is 1.09. The number of benzene rings is 1. The van der Waals surface area contributed by atoms with Crippen LogP contribution in [0.3, 0.4) is 0 Å². The van der Waals surface area contributed by atoms with Crippen LogP contribution in [0.25, 0.3) is 0 Å². The van der Waals surface area contributed by atoms with Gasteiger partial charge in [0, 0.05) is 23.2 Å². The SMILES string of the molecule is N#CC1CCN(c2cccc(Br)c2)C1. The molecule has 1 unspecified atom stereocenters. The highest BCUT2D eigenvalue weighted by Crippen LogP contribution is 2.25. The normalized spacial score (nSPS) is 20.9. The Balaban J connectivity index is 2.14. The van der Waals surface area contributed by atoms with E-state index in [-0.39, 0.29) is 5.92 Å². The summed E-state index contributed by atoms with van der Waals surface area (Å²) in [5.74, 6) is 0.203. The van der Waals surface area contributed by atoms with E-state index in [0.717, 1.165) is 24.0 Å². The minimum Gasteiger partial charge on any atom is -0.370 e. The van der Waals surface area contributed by atoms with Crippen LogP contribution in [0.2, 0.25) is 0 Å². The van der Waals surface area contributed by atoms with Crippen molar-refractivity contribution >= 4 is 21.6 Å². The fourth-order valence-corrected chi connectivity index (χ4v) is 2.16. The molecule has 0 saturated carbocycles. The zero-order chi connectivity index (χ0) is 9.97. The Bertz CT molecular complexity index is 370. The van der Waals surface area contributed by atoms with Crippen LogP contribution in [0.15, 0.2) is 28.7 Å². The average molecular weight is 251 g/mol. The summed E-state index contributed by atoms with van der Waals surface area (Å²) in [7, 11) is 0. The lowest BCUT2D eigenvalue weighted by atomic mass is 10.1. The zero-order valence-electron chi connectivity index (χ0n) is 7.78. The molecule has 1 fully saturated rings. The van der Waals surface area contributed by atoms with E-state index >= 15 is 0 Å². The van der Waals surface area contributed by atoms with Crippen LogP contribution in [0.1, 0.15) is 6.42 Å². The van der Waals surface area contributed by atoms with E-state index in [1.165, 1.54) is 5.69 Å². The fraction of sp³-hybridized carbons (Fsp3) is 0.364. The molecule has 72 valence electrons. The smallest absolute Gasteiger partial charge is 0.0675 e. The molecule has 0 bridgehead atoms. The van der Waals surface area contributed by atoms with Crippen molar-refractivity contribution in [2.75, 3.05) is 18.0 Å². The van der Waals surface area contributed by atoms with Gasteiger partial charge in [0.25, 0.3) is 0 Å². The van der Waals surface area contributed by atoms with Gasteiger partial charge in [-0.3, -0.25) is 0 Å². The van der Waals surface area contributed by atoms with E-state index in [1.807, 2.05) is 12.1 Å². The first-order valence-corrected chi connectivity index (χ1v) is 5.49. The zero-order valence-corrected chi connectivity index (χ0v) is 9.37. The third kappa shape index (κ3) is 1.91. The molecule has 3 heteroatoms. The van der Waals surface area contributed by atoms with Gasteiger partial charge in [0.1, 0.15) is 0 Å². The maximum Gasteiger partial charge on any atom is 0.0675 e. The standard InChI is InChI=1S/C11H11BrN2/c12-10-2-1-3-11(6-10)14-5-4-9(7-13)8-14/h1-3,6,9H,4-5,8H2. The van der Waals surface area contributed by atoms with Gasteiger partial charge in [-0.1, -0.05) is 22.0 Å². The minimum absolute atomic E-state index is 0.203. The van der Waals surface area contributed by atoms with Crippen LogP contribution in [-0.2, 0) is 0 Å². The van der Waals surface area contributed by atoms with Crippen LogP contribution in [0, 0.1) is 17.2 Å². The molecule has 2 rings (SSSR count). The Kier molecular flexibility index (Phi) is 2.74. The van der Waals surface area contributed by atoms with E-state index < -0.39 is 0 Å². The molecule has 1 aromatic carbocycles. The Labute approximate surface area is 92.3 Å². The molecule has 0 aliphatic carbocycles. The van der Waals surface area contributed by atoms with Crippen LogP contribution in [0.5, 0.6) is 0 Å². The lowest BCUT2D eigenvalue weighted by Crippen LogP contribution is -2.18. The summed E-state index contributed by atoms with van der Waals surface area (Å²) in [5, 5.41) is 8.80. The van der Waals surface area contributed by atoms with Gasteiger partial charge >= 0.3 is 0 Å². The summed E-state index contributed by atoms with van der Waals surface area (Å²) in [6.07, 6.45) is 0.989. The Morgan fingerprint density at radius 3 is 3.00 bits per heavy atom. The molecule has 2 nitrogen and oxygen atoms in total. The maximum atomic E-state index is 8.80. The van der Waals surface area contributed by atoms with Crippen molar-refractivity contribution < 1.29 is 0 Å². The van der Waals surface area contributed by atoms with Crippen molar-refractivity contribution in [2.24, 2.45) is 5.92 Å². The van der Waals surface area contributed by atoms with Crippen LogP contribution >= 0.6 is 15.9 Å². The third-order valence-electron chi connectivity index (χ3n) is 2.54. The largest absolute Gasteiger partial charge is 0.370 e. The number of nitrogens with zero attached hydrogens (tertiary/aromatic N) is 2. The molecule has 0 aromatic heterocycles. The van der Waals surface area contributed by atoms with Gasteiger partial charge in [0.05, 0.1) is 12.0 Å². The van der Waals surface area contributed by atoms with Gasteiger partial charge in [-0.15, -0.1) is 0 Å². The maximum absolute atomic E-state index is 8.80. The lowest BCUT2D eigenvalue weighted by Gasteiger charge is -2.17. The van der Waals surface area contributed by atoms with Crippen molar-refractivity contribution in [1.82, 2.24) is 0 Å². The Morgan fingerprint density at radius 2 is 2.36 bits per heavy atom. The van der Waals surface area contributed by atoms with Crippen LogP contribution in [-0.4, -0.2) is 13.1 Å². The van der Waals surface area contributed by atoms with E-state index in [0.29, 0.717) is 0 Å². The molecule has 0 radical (unpaired) electrons. The minimum atomic E-state index is 0.203. The second kappa shape index (κ2) is 4.02. The average Bonchev–Trinajstić information content (AvgIpc) is 2.66. The number of nitriles is 1. The summed E-state index contributed by atoms with van der Waals surface area (Å²) >= 11 is 3.45.